The maximum Gasteiger partial charge on any atom is 0.254 e. The van der Waals surface area contributed by atoms with Crippen molar-refractivity contribution in [2.45, 2.75) is 31.6 Å². The second-order valence-corrected chi connectivity index (χ2v) is 9.61. The van der Waals surface area contributed by atoms with Gasteiger partial charge in [-0.1, -0.05) is 36.4 Å². The van der Waals surface area contributed by atoms with Crippen molar-refractivity contribution in [1.29, 1.82) is 0 Å². The number of dihydropyridines is 1. The van der Waals surface area contributed by atoms with Crippen LogP contribution in [0.4, 0.5) is 14.5 Å². The third kappa shape index (κ3) is 5.02. The molecule has 6 nitrogen and oxygen atoms in total. The number of Topliss-reactive ketones (excluding diaryl/α,β-unsaturated/α-hetero) is 1. The van der Waals surface area contributed by atoms with Crippen LogP contribution in [0.15, 0.2) is 89.3 Å². The predicted octanol–water partition coefficient (Wildman–Crippen LogP) is 5.98. The second-order valence-electron chi connectivity index (χ2n) is 9.61. The summed E-state index contributed by atoms with van der Waals surface area (Å²) in [6, 6.07) is 18.0. The second kappa shape index (κ2) is 10.7. The minimum Gasteiger partial charge on any atom is -0.497 e. The average Bonchev–Trinajstić information content (AvgIpc) is 2.93. The van der Waals surface area contributed by atoms with E-state index in [2.05, 4.69) is 10.6 Å². The van der Waals surface area contributed by atoms with Crippen LogP contribution >= 0.6 is 0 Å². The molecule has 200 valence electrons. The zero-order valence-electron chi connectivity index (χ0n) is 21.8. The van der Waals surface area contributed by atoms with E-state index >= 15 is 0 Å². The van der Waals surface area contributed by atoms with Crippen molar-refractivity contribution < 1.29 is 27.8 Å². The van der Waals surface area contributed by atoms with Gasteiger partial charge in [0.1, 0.15) is 23.1 Å². The number of methoxy groups -OCH3 is 2. The maximum atomic E-state index is 14.4. The number of carbonyl (C=O) groups is 2. The van der Waals surface area contributed by atoms with Crippen molar-refractivity contribution in [1.82, 2.24) is 5.32 Å². The quantitative estimate of drug-likeness (QED) is 0.410. The van der Waals surface area contributed by atoms with Crippen LogP contribution in [0.5, 0.6) is 11.5 Å². The summed E-state index contributed by atoms with van der Waals surface area (Å²) < 4.78 is 38.9. The molecule has 0 bridgehead atoms. The minimum atomic E-state index is -0.900. The van der Waals surface area contributed by atoms with Crippen molar-refractivity contribution in [2.24, 2.45) is 0 Å². The fraction of sp³-hybridized carbons (Fsp3) is 0.226. The number of ketones is 1. The normalized spacial score (nSPS) is 18.8. The Morgan fingerprint density at radius 3 is 2.44 bits per heavy atom. The number of rotatable bonds is 6. The Morgan fingerprint density at radius 2 is 1.74 bits per heavy atom. The summed E-state index contributed by atoms with van der Waals surface area (Å²) in [6.45, 7) is 1.75. The number of allylic oxidation sites excluding steroid dienone is 3. The summed E-state index contributed by atoms with van der Waals surface area (Å²) >= 11 is 0. The van der Waals surface area contributed by atoms with Gasteiger partial charge in [0, 0.05) is 46.7 Å². The van der Waals surface area contributed by atoms with Crippen LogP contribution in [0.25, 0.3) is 0 Å². The lowest BCUT2D eigenvalue weighted by molar-refractivity contribution is -0.116. The third-order valence-corrected chi connectivity index (χ3v) is 7.27. The lowest BCUT2D eigenvalue weighted by Gasteiger charge is -2.37. The standard InChI is InChI=1S/C31H28F2N2O4/c1-17-28(31(37)35-24-12-9-20(32)15-23(24)33)29(22-11-10-21(38-2)16-27(22)39-3)30-25(34-17)13-19(14-26(30)36)18-7-5-4-6-8-18/h4-12,15-16,19,29,34H,13-14H2,1-3H3,(H,35,37)/t19-,29-/m1/s1. The first kappa shape index (κ1) is 26.2. The molecule has 1 aliphatic carbocycles. The van der Waals surface area contributed by atoms with Crippen LogP contribution in [0, 0.1) is 11.6 Å². The molecular weight excluding hydrogens is 502 g/mol. The molecule has 3 aromatic carbocycles. The number of nitrogens with one attached hydrogen (secondary N) is 2. The zero-order chi connectivity index (χ0) is 27.7. The number of amides is 1. The highest BCUT2D eigenvalue weighted by Crippen LogP contribution is 2.48. The molecule has 0 aromatic heterocycles. The molecule has 0 radical (unpaired) electrons. The van der Waals surface area contributed by atoms with E-state index in [-0.39, 0.29) is 29.4 Å². The highest BCUT2D eigenvalue weighted by Gasteiger charge is 2.42. The van der Waals surface area contributed by atoms with Crippen molar-refractivity contribution in [3.8, 4) is 11.5 Å². The molecule has 3 aromatic rings. The van der Waals surface area contributed by atoms with Crippen molar-refractivity contribution >= 4 is 17.4 Å². The van der Waals surface area contributed by atoms with E-state index in [1.54, 1.807) is 25.1 Å². The first-order chi connectivity index (χ1) is 18.8. The van der Waals surface area contributed by atoms with Crippen LogP contribution in [-0.2, 0) is 9.59 Å². The minimum absolute atomic E-state index is 0.0140. The van der Waals surface area contributed by atoms with E-state index in [9.17, 15) is 18.4 Å². The van der Waals surface area contributed by atoms with Crippen LogP contribution in [0.3, 0.4) is 0 Å². The Hall–Kier alpha value is -4.46. The molecule has 39 heavy (non-hydrogen) atoms. The van der Waals surface area contributed by atoms with Crippen LogP contribution < -0.4 is 20.1 Å². The monoisotopic (exact) mass is 530 g/mol. The van der Waals surface area contributed by atoms with E-state index in [4.69, 9.17) is 9.47 Å². The molecule has 0 unspecified atom stereocenters. The molecule has 0 saturated heterocycles. The van der Waals surface area contributed by atoms with Gasteiger partial charge in [0.15, 0.2) is 5.78 Å². The number of anilines is 1. The first-order valence-electron chi connectivity index (χ1n) is 12.6. The fourth-order valence-corrected chi connectivity index (χ4v) is 5.45. The van der Waals surface area contributed by atoms with Crippen LogP contribution in [0.2, 0.25) is 0 Å². The fourth-order valence-electron chi connectivity index (χ4n) is 5.45. The molecule has 0 fully saturated rings. The van der Waals surface area contributed by atoms with Crippen molar-refractivity contribution in [3.63, 3.8) is 0 Å². The lowest BCUT2D eigenvalue weighted by Crippen LogP contribution is -2.37. The van der Waals surface area contributed by atoms with E-state index < -0.39 is 23.5 Å². The van der Waals surface area contributed by atoms with Gasteiger partial charge in [0.2, 0.25) is 0 Å². The molecule has 2 N–H and O–H groups in total. The average molecular weight is 531 g/mol. The number of benzene rings is 3. The van der Waals surface area contributed by atoms with E-state index in [0.29, 0.717) is 40.8 Å². The Balaban J connectivity index is 1.62. The van der Waals surface area contributed by atoms with E-state index in [1.165, 1.54) is 20.3 Å². The molecule has 8 heteroatoms. The smallest absolute Gasteiger partial charge is 0.254 e. The Kier molecular flexibility index (Phi) is 7.19. The lowest BCUT2D eigenvalue weighted by atomic mass is 9.71. The van der Waals surface area contributed by atoms with Crippen LogP contribution in [-0.4, -0.2) is 25.9 Å². The SMILES string of the molecule is COc1ccc([C@@H]2C(C(=O)Nc3ccc(F)cc3F)=C(C)NC3=C2C(=O)C[C@H](c2ccccc2)C3)c(OC)c1. The van der Waals surface area contributed by atoms with Gasteiger partial charge in [0.25, 0.3) is 5.91 Å². The van der Waals surface area contributed by atoms with Gasteiger partial charge in [-0.3, -0.25) is 9.59 Å². The Bertz CT molecular complexity index is 1510. The summed E-state index contributed by atoms with van der Waals surface area (Å²) in [6.07, 6.45) is 0.860. The number of halogens is 2. The van der Waals surface area contributed by atoms with Crippen molar-refractivity contribution in [3.05, 3.63) is 112 Å². The van der Waals surface area contributed by atoms with Gasteiger partial charge in [-0.2, -0.15) is 0 Å². The molecule has 5 rings (SSSR count). The molecule has 1 amide bonds. The Labute approximate surface area is 225 Å². The van der Waals surface area contributed by atoms with E-state index in [0.717, 1.165) is 17.3 Å². The molecular formula is C31H28F2N2O4. The molecule has 2 atom stereocenters. The van der Waals surface area contributed by atoms with Crippen molar-refractivity contribution in [2.75, 3.05) is 19.5 Å². The molecule has 0 spiro atoms. The molecule has 0 saturated carbocycles. The third-order valence-electron chi connectivity index (χ3n) is 7.27. The topological polar surface area (TPSA) is 76.7 Å². The molecule has 1 heterocycles. The Morgan fingerprint density at radius 1 is 0.974 bits per heavy atom. The largest absolute Gasteiger partial charge is 0.497 e. The van der Waals surface area contributed by atoms with Gasteiger partial charge in [-0.05, 0) is 43.0 Å². The van der Waals surface area contributed by atoms with E-state index in [1.807, 2.05) is 30.3 Å². The van der Waals surface area contributed by atoms with Gasteiger partial charge < -0.3 is 20.1 Å². The van der Waals surface area contributed by atoms with Crippen LogP contribution in [0.1, 0.15) is 42.7 Å². The van der Waals surface area contributed by atoms with Gasteiger partial charge >= 0.3 is 0 Å². The molecule has 2 aliphatic rings. The number of hydrogen-bond acceptors (Lipinski definition) is 5. The van der Waals surface area contributed by atoms with Gasteiger partial charge in [-0.15, -0.1) is 0 Å². The number of ether oxygens (including phenoxy) is 2. The summed E-state index contributed by atoms with van der Waals surface area (Å²) in [5, 5.41) is 5.87. The number of hydrogen-bond donors (Lipinski definition) is 2. The zero-order valence-corrected chi connectivity index (χ0v) is 21.8. The first-order valence-corrected chi connectivity index (χ1v) is 12.6. The summed E-state index contributed by atoms with van der Waals surface area (Å²) in [5.74, 6) is -2.16. The highest BCUT2D eigenvalue weighted by molar-refractivity contribution is 6.10. The summed E-state index contributed by atoms with van der Waals surface area (Å²) in [4.78, 5) is 27.5. The summed E-state index contributed by atoms with van der Waals surface area (Å²) in [7, 11) is 3.04. The summed E-state index contributed by atoms with van der Waals surface area (Å²) in [5.41, 5.74) is 3.48. The van der Waals surface area contributed by atoms with Gasteiger partial charge in [-0.25, -0.2) is 8.78 Å². The highest BCUT2D eigenvalue weighted by atomic mass is 19.1. The predicted molar refractivity (Wildman–Crippen MR) is 144 cm³/mol. The van der Waals surface area contributed by atoms with Gasteiger partial charge in [0.05, 0.1) is 25.8 Å². The number of carbonyl (C=O) groups excluding carboxylic acids is 2. The molecule has 1 aliphatic heterocycles. The maximum absolute atomic E-state index is 14.4.